The van der Waals surface area contributed by atoms with Crippen LogP contribution in [0.3, 0.4) is 0 Å². The summed E-state index contributed by atoms with van der Waals surface area (Å²) in [5, 5.41) is 6.32. The molecule has 1 aliphatic rings. The average molecular weight is 437 g/mol. The van der Waals surface area contributed by atoms with E-state index in [1.165, 1.54) is 11.1 Å². The van der Waals surface area contributed by atoms with Gasteiger partial charge in [0.2, 0.25) is 5.96 Å². The van der Waals surface area contributed by atoms with Gasteiger partial charge in [-0.05, 0) is 54.2 Å². The molecule has 0 unspecified atom stereocenters. The molecule has 1 aliphatic heterocycles. The van der Waals surface area contributed by atoms with Gasteiger partial charge in [0.1, 0.15) is 0 Å². The lowest BCUT2D eigenvalue weighted by atomic mass is 9.87. The van der Waals surface area contributed by atoms with Crippen molar-refractivity contribution in [2.75, 3.05) is 44.7 Å². The van der Waals surface area contributed by atoms with E-state index in [0.717, 1.165) is 44.1 Å². The van der Waals surface area contributed by atoms with Crippen LogP contribution in [0, 0.1) is 13.8 Å². The Hall–Kier alpha value is -2.70. The van der Waals surface area contributed by atoms with Crippen molar-refractivity contribution in [3.63, 3.8) is 0 Å². The Morgan fingerprint density at radius 3 is 2.41 bits per heavy atom. The largest absolute Gasteiger partial charge is 0.379 e. The van der Waals surface area contributed by atoms with Gasteiger partial charge in [0.25, 0.3) is 5.91 Å². The van der Waals surface area contributed by atoms with Crippen LogP contribution in [0.25, 0.3) is 0 Å². The summed E-state index contributed by atoms with van der Waals surface area (Å²) < 4.78 is 5.41. The van der Waals surface area contributed by atoms with E-state index < -0.39 is 0 Å². The number of nitrogens with one attached hydrogen (secondary N) is 2. The smallest absolute Gasteiger partial charge is 0.257 e. The molecule has 2 N–H and O–H groups in total. The summed E-state index contributed by atoms with van der Waals surface area (Å²) in [6, 6.07) is 13.9. The Labute approximate surface area is 192 Å². The minimum Gasteiger partial charge on any atom is -0.379 e. The first-order chi connectivity index (χ1) is 15.2. The normalized spacial score (nSPS) is 15.5. The summed E-state index contributed by atoms with van der Waals surface area (Å²) in [4.78, 5) is 20.0. The van der Waals surface area contributed by atoms with Gasteiger partial charge in [-0.15, -0.1) is 0 Å². The van der Waals surface area contributed by atoms with Crippen molar-refractivity contribution in [1.82, 2.24) is 10.2 Å². The van der Waals surface area contributed by atoms with Gasteiger partial charge in [-0.25, -0.2) is 0 Å². The van der Waals surface area contributed by atoms with Crippen molar-refractivity contribution in [3.05, 3.63) is 64.7 Å². The van der Waals surface area contributed by atoms with Gasteiger partial charge in [-0.2, -0.15) is 0 Å². The first-order valence-electron chi connectivity index (χ1n) is 11.3. The number of aliphatic imine (C=N–C) groups is 1. The van der Waals surface area contributed by atoms with Crippen molar-refractivity contribution in [3.8, 4) is 0 Å². The number of guanidine groups is 1. The van der Waals surface area contributed by atoms with Crippen LogP contribution in [0.4, 0.5) is 5.69 Å². The molecule has 1 amide bonds. The number of ether oxygens (including phenoxy) is 1. The van der Waals surface area contributed by atoms with E-state index in [2.05, 4.69) is 56.2 Å². The molecule has 0 saturated carbocycles. The molecule has 0 atom stereocenters. The Bertz CT molecular complexity index is 939. The first kappa shape index (κ1) is 24.0. The van der Waals surface area contributed by atoms with Crippen molar-refractivity contribution >= 4 is 17.6 Å². The molecular formula is C26H36N4O2. The second-order valence-corrected chi connectivity index (χ2v) is 9.34. The fourth-order valence-corrected chi connectivity index (χ4v) is 3.55. The number of hydrogen-bond donors (Lipinski definition) is 2. The van der Waals surface area contributed by atoms with Crippen LogP contribution in [-0.2, 0) is 10.2 Å². The predicted octanol–water partition coefficient (Wildman–Crippen LogP) is 4.13. The fraction of sp³-hybridized carbons (Fsp3) is 0.462. The lowest BCUT2D eigenvalue weighted by Gasteiger charge is -2.25. The van der Waals surface area contributed by atoms with Crippen LogP contribution in [0.1, 0.15) is 47.8 Å². The van der Waals surface area contributed by atoms with Crippen molar-refractivity contribution < 1.29 is 9.53 Å². The molecule has 1 fully saturated rings. The zero-order valence-electron chi connectivity index (χ0n) is 20.0. The van der Waals surface area contributed by atoms with Crippen LogP contribution in [-0.4, -0.2) is 56.2 Å². The second-order valence-electron chi connectivity index (χ2n) is 9.34. The molecule has 6 heteroatoms. The van der Waals surface area contributed by atoms with Crippen molar-refractivity contribution in [2.45, 2.75) is 40.0 Å². The number of carbonyl (C=O) groups is 1. The Morgan fingerprint density at radius 2 is 1.75 bits per heavy atom. The van der Waals surface area contributed by atoms with Gasteiger partial charge in [0.15, 0.2) is 0 Å². The number of nitrogens with zero attached hydrogens (tertiary/aromatic N) is 2. The number of rotatable bonds is 5. The zero-order valence-corrected chi connectivity index (χ0v) is 20.0. The number of hydrogen-bond acceptors (Lipinski definition) is 4. The summed E-state index contributed by atoms with van der Waals surface area (Å²) >= 11 is 0. The van der Waals surface area contributed by atoms with E-state index in [0.29, 0.717) is 18.1 Å². The summed E-state index contributed by atoms with van der Waals surface area (Å²) in [6.07, 6.45) is 0. The van der Waals surface area contributed by atoms with Gasteiger partial charge < -0.3 is 10.1 Å². The quantitative estimate of drug-likeness (QED) is 0.546. The summed E-state index contributed by atoms with van der Waals surface area (Å²) in [7, 11) is 0. The number of aryl methyl sites for hydroxylation is 1. The van der Waals surface area contributed by atoms with Crippen LogP contribution >= 0.6 is 0 Å². The topological polar surface area (TPSA) is 66.0 Å². The van der Waals surface area contributed by atoms with E-state index in [9.17, 15) is 4.79 Å². The average Bonchev–Trinajstić information content (AvgIpc) is 2.77. The van der Waals surface area contributed by atoms with Crippen LogP contribution in [0.5, 0.6) is 0 Å². The SMILES string of the molecule is Cc1cccc(NC(=NCCN2CCOCC2)NC(=O)c2ccc(C(C)(C)C)cc2)c1C. The molecular weight excluding hydrogens is 400 g/mol. The summed E-state index contributed by atoms with van der Waals surface area (Å²) in [5.41, 5.74) is 5.12. The Balaban J connectivity index is 1.73. The van der Waals surface area contributed by atoms with Crippen molar-refractivity contribution in [1.29, 1.82) is 0 Å². The lowest BCUT2D eigenvalue weighted by molar-refractivity contribution is 0.0394. The van der Waals surface area contributed by atoms with Gasteiger partial charge in [-0.3, -0.25) is 20.0 Å². The molecule has 2 aromatic rings. The Morgan fingerprint density at radius 1 is 1.06 bits per heavy atom. The molecule has 1 heterocycles. The highest BCUT2D eigenvalue weighted by Gasteiger charge is 2.16. The maximum absolute atomic E-state index is 13.0. The third-order valence-electron chi connectivity index (χ3n) is 5.89. The molecule has 3 rings (SSSR count). The minimum atomic E-state index is -0.173. The van der Waals surface area contributed by atoms with Crippen molar-refractivity contribution in [2.24, 2.45) is 4.99 Å². The maximum atomic E-state index is 13.0. The standard InChI is InChI=1S/C26H36N4O2/c1-19-7-6-8-23(20(19)2)28-25(27-13-14-30-15-17-32-18-16-30)29-24(31)21-9-11-22(12-10-21)26(3,4)5/h6-12H,13-18H2,1-5H3,(H2,27,28,29,31). The highest BCUT2D eigenvalue weighted by atomic mass is 16.5. The molecule has 172 valence electrons. The van der Waals surface area contributed by atoms with E-state index >= 15 is 0 Å². The molecule has 2 aromatic carbocycles. The molecule has 0 bridgehead atoms. The third-order valence-corrected chi connectivity index (χ3v) is 5.89. The van der Waals surface area contributed by atoms with Crippen LogP contribution < -0.4 is 10.6 Å². The molecule has 6 nitrogen and oxygen atoms in total. The highest BCUT2D eigenvalue weighted by Crippen LogP contribution is 2.22. The number of benzene rings is 2. The predicted molar refractivity (Wildman–Crippen MR) is 132 cm³/mol. The Kier molecular flexibility index (Phi) is 8.04. The second kappa shape index (κ2) is 10.7. The van der Waals surface area contributed by atoms with Gasteiger partial charge >= 0.3 is 0 Å². The highest BCUT2D eigenvalue weighted by molar-refractivity contribution is 6.10. The van der Waals surface area contributed by atoms with Crippen LogP contribution in [0.2, 0.25) is 0 Å². The number of morpholine rings is 1. The molecule has 0 aromatic heterocycles. The summed E-state index contributed by atoms with van der Waals surface area (Å²) in [5.74, 6) is 0.297. The molecule has 32 heavy (non-hydrogen) atoms. The maximum Gasteiger partial charge on any atom is 0.257 e. The lowest BCUT2D eigenvalue weighted by Crippen LogP contribution is -2.39. The molecule has 0 spiro atoms. The van der Waals surface area contributed by atoms with Gasteiger partial charge in [0.05, 0.1) is 19.8 Å². The first-order valence-corrected chi connectivity index (χ1v) is 11.3. The van der Waals surface area contributed by atoms with E-state index in [1.54, 1.807) is 0 Å². The zero-order chi connectivity index (χ0) is 23.1. The molecule has 0 aliphatic carbocycles. The van der Waals surface area contributed by atoms with E-state index in [-0.39, 0.29) is 11.3 Å². The summed E-state index contributed by atoms with van der Waals surface area (Å²) in [6.45, 7) is 15.4. The van der Waals surface area contributed by atoms with Gasteiger partial charge in [-0.1, -0.05) is 45.0 Å². The minimum absolute atomic E-state index is 0.0470. The molecule has 1 saturated heterocycles. The third kappa shape index (κ3) is 6.65. The van der Waals surface area contributed by atoms with E-state index in [1.807, 2.05) is 36.4 Å². The van der Waals surface area contributed by atoms with Gasteiger partial charge in [0, 0.05) is 30.9 Å². The molecule has 0 radical (unpaired) electrons. The monoisotopic (exact) mass is 436 g/mol. The number of anilines is 1. The number of carbonyl (C=O) groups excluding carboxylic acids is 1. The fourth-order valence-electron chi connectivity index (χ4n) is 3.55. The number of amides is 1. The van der Waals surface area contributed by atoms with E-state index in [4.69, 9.17) is 9.73 Å². The van der Waals surface area contributed by atoms with Crippen LogP contribution in [0.15, 0.2) is 47.5 Å².